The Bertz CT molecular complexity index is 398. The van der Waals surface area contributed by atoms with Crippen molar-refractivity contribution in [2.75, 3.05) is 31.7 Å². The molecule has 0 aliphatic rings. The Morgan fingerprint density at radius 3 is 2.78 bits per heavy atom. The number of aliphatic hydroxyl groups excluding tert-OH is 1. The van der Waals surface area contributed by atoms with Gasteiger partial charge >= 0.3 is 5.97 Å². The number of anilines is 1. The Morgan fingerprint density at radius 1 is 1.39 bits per heavy atom. The minimum Gasteiger partial charge on any atom is -0.478 e. The molecule has 0 aromatic heterocycles. The summed E-state index contributed by atoms with van der Waals surface area (Å²) in [6, 6.07) is 4.72. The van der Waals surface area contributed by atoms with Crippen molar-refractivity contribution >= 4 is 23.3 Å². The molecule has 5 nitrogen and oxygen atoms in total. The van der Waals surface area contributed by atoms with Crippen molar-refractivity contribution < 1.29 is 19.7 Å². The minimum atomic E-state index is -1.04. The van der Waals surface area contributed by atoms with E-state index in [-0.39, 0.29) is 17.2 Å². The molecule has 0 heterocycles. The highest BCUT2D eigenvalue weighted by atomic mass is 35.5. The van der Waals surface area contributed by atoms with Crippen LogP contribution >= 0.6 is 11.6 Å². The Labute approximate surface area is 110 Å². The number of carboxylic acids is 1. The molecule has 0 radical (unpaired) electrons. The van der Waals surface area contributed by atoms with Crippen LogP contribution in [0.2, 0.25) is 5.02 Å². The van der Waals surface area contributed by atoms with Gasteiger partial charge in [-0.2, -0.15) is 0 Å². The quantitative estimate of drug-likeness (QED) is 0.630. The van der Waals surface area contributed by atoms with Crippen LogP contribution in [0.25, 0.3) is 0 Å². The van der Waals surface area contributed by atoms with E-state index in [9.17, 15) is 4.79 Å². The smallest absolute Gasteiger partial charge is 0.337 e. The fourth-order valence-corrected chi connectivity index (χ4v) is 1.63. The van der Waals surface area contributed by atoms with Crippen LogP contribution in [0.1, 0.15) is 16.8 Å². The van der Waals surface area contributed by atoms with Gasteiger partial charge < -0.3 is 20.3 Å². The Kier molecular flexibility index (Phi) is 6.49. The van der Waals surface area contributed by atoms with Crippen molar-refractivity contribution in [1.82, 2.24) is 0 Å². The van der Waals surface area contributed by atoms with Crippen molar-refractivity contribution in [2.45, 2.75) is 6.42 Å². The molecule has 0 atom stereocenters. The van der Waals surface area contributed by atoms with Crippen molar-refractivity contribution in [3.63, 3.8) is 0 Å². The number of nitrogens with one attached hydrogen (secondary N) is 1. The molecule has 0 unspecified atom stereocenters. The van der Waals surface area contributed by atoms with E-state index < -0.39 is 5.97 Å². The van der Waals surface area contributed by atoms with Gasteiger partial charge in [0.05, 0.1) is 23.8 Å². The second-order valence-corrected chi connectivity index (χ2v) is 4.02. The molecular weight excluding hydrogens is 258 g/mol. The van der Waals surface area contributed by atoms with Gasteiger partial charge in [0.15, 0.2) is 0 Å². The molecule has 1 aromatic carbocycles. The SMILES string of the molecule is O=C(O)c1ccc(NCCCOCCO)cc1Cl. The van der Waals surface area contributed by atoms with E-state index in [1.807, 2.05) is 0 Å². The summed E-state index contributed by atoms with van der Waals surface area (Å²) in [4.78, 5) is 10.8. The van der Waals surface area contributed by atoms with E-state index in [0.29, 0.717) is 19.8 Å². The van der Waals surface area contributed by atoms with E-state index >= 15 is 0 Å². The number of aromatic carboxylic acids is 1. The Morgan fingerprint density at radius 2 is 2.17 bits per heavy atom. The monoisotopic (exact) mass is 273 g/mol. The Hall–Kier alpha value is -1.30. The lowest BCUT2D eigenvalue weighted by Gasteiger charge is -2.08. The average Bonchev–Trinajstić information content (AvgIpc) is 2.33. The summed E-state index contributed by atoms with van der Waals surface area (Å²) >= 11 is 5.83. The first-order valence-electron chi connectivity index (χ1n) is 5.60. The largest absolute Gasteiger partial charge is 0.478 e. The topological polar surface area (TPSA) is 78.8 Å². The van der Waals surface area contributed by atoms with Crippen LogP contribution < -0.4 is 5.32 Å². The molecule has 0 saturated heterocycles. The second kappa shape index (κ2) is 7.92. The van der Waals surface area contributed by atoms with E-state index in [2.05, 4.69) is 5.32 Å². The fraction of sp³-hybridized carbons (Fsp3) is 0.417. The predicted octanol–water partition coefficient (Wildman–Crippen LogP) is 1.85. The molecule has 6 heteroatoms. The first-order valence-corrected chi connectivity index (χ1v) is 5.98. The first kappa shape index (κ1) is 14.8. The van der Waals surface area contributed by atoms with Gasteiger partial charge in [0.1, 0.15) is 0 Å². The summed E-state index contributed by atoms with van der Waals surface area (Å²) in [5.41, 5.74) is 0.862. The number of aliphatic hydroxyl groups is 1. The molecule has 3 N–H and O–H groups in total. The molecule has 0 spiro atoms. The van der Waals surface area contributed by atoms with Crippen LogP contribution in [0, 0.1) is 0 Å². The minimum absolute atomic E-state index is 0.0275. The number of benzene rings is 1. The summed E-state index contributed by atoms with van der Waals surface area (Å²) in [6.07, 6.45) is 0.790. The molecule has 0 fully saturated rings. The number of hydrogen-bond acceptors (Lipinski definition) is 4. The molecule has 100 valence electrons. The number of halogens is 1. The first-order chi connectivity index (χ1) is 8.65. The van der Waals surface area contributed by atoms with Crippen molar-refractivity contribution in [1.29, 1.82) is 0 Å². The molecule has 1 aromatic rings. The van der Waals surface area contributed by atoms with Crippen LogP contribution in [0.5, 0.6) is 0 Å². The highest BCUT2D eigenvalue weighted by Crippen LogP contribution is 2.20. The lowest BCUT2D eigenvalue weighted by atomic mass is 10.2. The lowest BCUT2D eigenvalue weighted by Crippen LogP contribution is -2.08. The number of carboxylic acid groups (broad SMARTS) is 1. The zero-order valence-corrected chi connectivity index (χ0v) is 10.6. The van der Waals surface area contributed by atoms with Crippen molar-refractivity contribution in [2.24, 2.45) is 0 Å². The van der Waals surface area contributed by atoms with Crippen LogP contribution in [-0.4, -0.2) is 42.5 Å². The van der Waals surface area contributed by atoms with Gasteiger partial charge in [-0.25, -0.2) is 4.79 Å². The Balaban J connectivity index is 2.35. The summed E-state index contributed by atoms with van der Waals surface area (Å²) in [6.45, 7) is 1.63. The van der Waals surface area contributed by atoms with Gasteiger partial charge in [0.25, 0.3) is 0 Å². The molecule has 18 heavy (non-hydrogen) atoms. The standard InChI is InChI=1S/C12H16ClNO4/c13-11-8-9(2-3-10(11)12(16)17)14-4-1-6-18-7-5-15/h2-3,8,14-15H,1,4-7H2,(H,16,17). The third-order valence-electron chi connectivity index (χ3n) is 2.23. The third kappa shape index (κ3) is 4.91. The van der Waals surface area contributed by atoms with E-state index in [4.69, 9.17) is 26.6 Å². The molecular formula is C12H16ClNO4. The number of ether oxygens (including phenoxy) is 1. The zero-order valence-electron chi connectivity index (χ0n) is 9.86. The summed E-state index contributed by atoms with van der Waals surface area (Å²) in [7, 11) is 0. The van der Waals surface area contributed by atoms with Gasteiger partial charge in [0, 0.05) is 18.8 Å². The molecule has 1 rings (SSSR count). The summed E-state index contributed by atoms with van der Waals surface area (Å²) < 4.78 is 5.10. The van der Waals surface area contributed by atoms with E-state index in [0.717, 1.165) is 12.1 Å². The summed E-state index contributed by atoms with van der Waals surface area (Å²) in [5, 5.41) is 20.6. The molecule has 0 bridgehead atoms. The van der Waals surface area contributed by atoms with Gasteiger partial charge in [-0.05, 0) is 24.6 Å². The number of hydrogen-bond donors (Lipinski definition) is 3. The zero-order chi connectivity index (χ0) is 13.4. The number of carbonyl (C=O) groups is 1. The number of rotatable bonds is 8. The third-order valence-corrected chi connectivity index (χ3v) is 2.54. The molecule has 0 amide bonds. The second-order valence-electron chi connectivity index (χ2n) is 3.62. The normalized spacial score (nSPS) is 10.3. The maximum Gasteiger partial charge on any atom is 0.337 e. The fourth-order valence-electron chi connectivity index (χ4n) is 1.37. The molecule has 0 aliphatic carbocycles. The molecule has 0 aliphatic heterocycles. The van der Waals surface area contributed by atoms with Gasteiger partial charge in [0.2, 0.25) is 0 Å². The van der Waals surface area contributed by atoms with Crippen molar-refractivity contribution in [3.05, 3.63) is 28.8 Å². The highest BCUT2D eigenvalue weighted by molar-refractivity contribution is 6.33. The summed E-state index contributed by atoms with van der Waals surface area (Å²) in [5.74, 6) is -1.04. The lowest BCUT2D eigenvalue weighted by molar-refractivity contribution is 0.0697. The van der Waals surface area contributed by atoms with Gasteiger partial charge in [-0.1, -0.05) is 11.6 Å². The van der Waals surface area contributed by atoms with Crippen LogP contribution in [-0.2, 0) is 4.74 Å². The van der Waals surface area contributed by atoms with Gasteiger partial charge in [-0.15, -0.1) is 0 Å². The maximum absolute atomic E-state index is 10.8. The van der Waals surface area contributed by atoms with Crippen LogP contribution in [0.3, 0.4) is 0 Å². The predicted molar refractivity (Wildman–Crippen MR) is 69.4 cm³/mol. The molecule has 0 saturated carbocycles. The van der Waals surface area contributed by atoms with Crippen LogP contribution in [0.15, 0.2) is 18.2 Å². The van der Waals surface area contributed by atoms with E-state index in [1.54, 1.807) is 12.1 Å². The maximum atomic E-state index is 10.8. The van der Waals surface area contributed by atoms with Crippen molar-refractivity contribution in [3.8, 4) is 0 Å². The van der Waals surface area contributed by atoms with Gasteiger partial charge in [-0.3, -0.25) is 0 Å². The van der Waals surface area contributed by atoms with E-state index in [1.165, 1.54) is 6.07 Å². The van der Waals surface area contributed by atoms with Crippen LogP contribution in [0.4, 0.5) is 5.69 Å². The average molecular weight is 274 g/mol. The highest BCUT2D eigenvalue weighted by Gasteiger charge is 2.08.